The molecular weight excluding hydrogens is 252 g/mol. The fraction of sp³-hybridized carbons (Fsp3) is 0.438. The van der Waals surface area contributed by atoms with Crippen molar-refractivity contribution in [2.24, 2.45) is 5.92 Å². The highest BCUT2D eigenvalue weighted by Gasteiger charge is 2.22. The molecule has 1 atom stereocenters. The first-order valence-corrected chi connectivity index (χ1v) is 7.99. The highest BCUT2D eigenvalue weighted by Crippen LogP contribution is 2.20. The summed E-state index contributed by atoms with van der Waals surface area (Å²) in [5.41, 5.74) is 4.60. The zero-order valence-corrected chi connectivity index (χ0v) is 11.9. The van der Waals surface area contributed by atoms with Gasteiger partial charge < -0.3 is 5.32 Å². The van der Waals surface area contributed by atoms with E-state index in [4.69, 9.17) is 0 Å². The van der Waals surface area contributed by atoms with Gasteiger partial charge in [0.2, 0.25) is 0 Å². The SMILES string of the molecule is c1ccc(CC(CNC2CC2)Cc2cscn2)cc1. The smallest absolute Gasteiger partial charge is 0.0794 e. The third kappa shape index (κ3) is 4.15. The third-order valence-electron chi connectivity index (χ3n) is 3.62. The standard InChI is InChI=1S/C16H20N2S/c1-2-4-13(5-3-1)8-14(10-17-15-6-7-15)9-16-11-19-12-18-16/h1-5,11-12,14-15,17H,6-10H2. The molecule has 100 valence electrons. The Morgan fingerprint density at radius 3 is 2.74 bits per heavy atom. The molecule has 0 spiro atoms. The van der Waals surface area contributed by atoms with Gasteiger partial charge in [0.1, 0.15) is 0 Å². The fourth-order valence-corrected chi connectivity index (χ4v) is 2.99. The maximum Gasteiger partial charge on any atom is 0.0794 e. The van der Waals surface area contributed by atoms with Crippen LogP contribution in [0, 0.1) is 5.92 Å². The Labute approximate surface area is 118 Å². The quantitative estimate of drug-likeness (QED) is 0.836. The number of hydrogen-bond donors (Lipinski definition) is 1. The average molecular weight is 272 g/mol. The predicted octanol–water partition coefficient (Wildman–Crippen LogP) is 3.30. The molecular formula is C16H20N2S. The van der Waals surface area contributed by atoms with Gasteiger partial charge in [-0.1, -0.05) is 30.3 Å². The minimum absolute atomic E-state index is 0.644. The zero-order valence-electron chi connectivity index (χ0n) is 11.1. The Morgan fingerprint density at radius 1 is 1.21 bits per heavy atom. The van der Waals surface area contributed by atoms with Crippen molar-refractivity contribution in [3.63, 3.8) is 0 Å². The largest absolute Gasteiger partial charge is 0.314 e. The van der Waals surface area contributed by atoms with Crippen LogP contribution in [0.1, 0.15) is 24.1 Å². The second-order valence-corrected chi connectivity index (χ2v) is 6.14. The second kappa shape index (κ2) is 6.31. The number of nitrogens with one attached hydrogen (secondary N) is 1. The van der Waals surface area contributed by atoms with Crippen molar-refractivity contribution in [1.29, 1.82) is 0 Å². The van der Waals surface area contributed by atoms with Gasteiger partial charge in [-0.2, -0.15) is 0 Å². The summed E-state index contributed by atoms with van der Waals surface area (Å²) in [6.07, 6.45) is 4.93. The van der Waals surface area contributed by atoms with Crippen LogP contribution in [0.2, 0.25) is 0 Å². The third-order valence-corrected chi connectivity index (χ3v) is 4.26. The monoisotopic (exact) mass is 272 g/mol. The first-order chi connectivity index (χ1) is 9.40. The molecule has 2 nitrogen and oxygen atoms in total. The number of rotatable bonds is 7. The summed E-state index contributed by atoms with van der Waals surface area (Å²) < 4.78 is 0. The van der Waals surface area contributed by atoms with Crippen molar-refractivity contribution < 1.29 is 0 Å². The topological polar surface area (TPSA) is 24.9 Å². The minimum Gasteiger partial charge on any atom is -0.314 e. The molecule has 1 saturated carbocycles. The molecule has 3 rings (SSSR count). The molecule has 2 aromatic rings. The average Bonchev–Trinajstić information content (AvgIpc) is 3.13. The summed E-state index contributed by atoms with van der Waals surface area (Å²) in [6.45, 7) is 1.11. The van der Waals surface area contributed by atoms with Crippen LogP contribution < -0.4 is 5.32 Å². The van der Waals surface area contributed by atoms with Gasteiger partial charge in [-0.25, -0.2) is 4.98 Å². The predicted molar refractivity (Wildman–Crippen MR) is 80.5 cm³/mol. The van der Waals surface area contributed by atoms with E-state index in [1.165, 1.54) is 24.1 Å². The van der Waals surface area contributed by atoms with Crippen LogP contribution in [0.5, 0.6) is 0 Å². The second-order valence-electron chi connectivity index (χ2n) is 5.42. The van der Waals surface area contributed by atoms with E-state index < -0.39 is 0 Å². The summed E-state index contributed by atoms with van der Waals surface area (Å²) in [4.78, 5) is 4.43. The van der Waals surface area contributed by atoms with Crippen LogP contribution in [0.3, 0.4) is 0 Å². The molecule has 0 amide bonds. The lowest BCUT2D eigenvalue weighted by Gasteiger charge is -2.17. The number of nitrogens with zero attached hydrogens (tertiary/aromatic N) is 1. The molecule has 1 heterocycles. The molecule has 1 aliphatic carbocycles. The van der Waals surface area contributed by atoms with Gasteiger partial charge in [0.25, 0.3) is 0 Å². The van der Waals surface area contributed by atoms with Crippen molar-refractivity contribution in [2.75, 3.05) is 6.54 Å². The van der Waals surface area contributed by atoms with Crippen molar-refractivity contribution in [3.8, 4) is 0 Å². The van der Waals surface area contributed by atoms with Crippen LogP contribution in [0.15, 0.2) is 41.2 Å². The Kier molecular flexibility index (Phi) is 4.26. The normalized spacial score (nSPS) is 16.4. The molecule has 0 bridgehead atoms. The van der Waals surface area contributed by atoms with Crippen LogP contribution in [0.4, 0.5) is 0 Å². The highest BCUT2D eigenvalue weighted by atomic mass is 32.1. The van der Waals surface area contributed by atoms with Crippen molar-refractivity contribution in [3.05, 3.63) is 52.5 Å². The summed E-state index contributed by atoms with van der Waals surface area (Å²) in [5, 5.41) is 5.84. The number of aromatic nitrogens is 1. The van der Waals surface area contributed by atoms with Gasteiger partial charge in [-0.3, -0.25) is 0 Å². The summed E-state index contributed by atoms with van der Waals surface area (Å²) in [6, 6.07) is 11.6. The fourth-order valence-electron chi connectivity index (χ4n) is 2.42. The summed E-state index contributed by atoms with van der Waals surface area (Å²) in [5.74, 6) is 0.644. The lowest BCUT2D eigenvalue weighted by molar-refractivity contribution is 0.465. The van der Waals surface area contributed by atoms with Gasteiger partial charge in [0.05, 0.1) is 11.2 Å². The van der Waals surface area contributed by atoms with E-state index in [0.717, 1.165) is 25.4 Å². The molecule has 19 heavy (non-hydrogen) atoms. The molecule has 1 aliphatic rings. The Hall–Kier alpha value is -1.19. The van der Waals surface area contributed by atoms with E-state index in [0.29, 0.717) is 5.92 Å². The van der Waals surface area contributed by atoms with E-state index in [-0.39, 0.29) is 0 Å². The van der Waals surface area contributed by atoms with Crippen LogP contribution in [-0.2, 0) is 12.8 Å². The van der Waals surface area contributed by atoms with Gasteiger partial charge in [0.15, 0.2) is 0 Å². The van der Waals surface area contributed by atoms with E-state index in [1.54, 1.807) is 11.3 Å². The van der Waals surface area contributed by atoms with Crippen LogP contribution in [-0.4, -0.2) is 17.6 Å². The van der Waals surface area contributed by atoms with E-state index in [9.17, 15) is 0 Å². The van der Waals surface area contributed by atoms with Gasteiger partial charge >= 0.3 is 0 Å². The molecule has 1 aromatic carbocycles. The van der Waals surface area contributed by atoms with E-state index in [1.807, 2.05) is 5.51 Å². The highest BCUT2D eigenvalue weighted by molar-refractivity contribution is 7.07. The maximum atomic E-state index is 4.43. The van der Waals surface area contributed by atoms with Crippen molar-refractivity contribution in [2.45, 2.75) is 31.7 Å². The Morgan fingerprint density at radius 2 is 2.05 bits per heavy atom. The van der Waals surface area contributed by atoms with Crippen LogP contribution in [0.25, 0.3) is 0 Å². The first kappa shape index (κ1) is 12.8. The number of hydrogen-bond acceptors (Lipinski definition) is 3. The molecule has 0 aliphatic heterocycles. The maximum absolute atomic E-state index is 4.43. The van der Waals surface area contributed by atoms with Gasteiger partial charge in [0, 0.05) is 11.4 Å². The van der Waals surface area contributed by atoms with E-state index >= 15 is 0 Å². The number of benzene rings is 1. The Balaban J connectivity index is 1.60. The van der Waals surface area contributed by atoms with Crippen LogP contribution >= 0.6 is 11.3 Å². The van der Waals surface area contributed by atoms with Gasteiger partial charge in [-0.15, -0.1) is 11.3 Å². The lowest BCUT2D eigenvalue weighted by atomic mass is 9.95. The minimum atomic E-state index is 0.644. The number of thiazole rings is 1. The van der Waals surface area contributed by atoms with Crippen molar-refractivity contribution in [1.82, 2.24) is 10.3 Å². The van der Waals surface area contributed by atoms with E-state index in [2.05, 4.69) is 46.0 Å². The molecule has 0 radical (unpaired) electrons. The molecule has 1 N–H and O–H groups in total. The zero-order chi connectivity index (χ0) is 12.9. The summed E-state index contributed by atoms with van der Waals surface area (Å²) >= 11 is 1.69. The molecule has 1 aromatic heterocycles. The van der Waals surface area contributed by atoms with Crippen molar-refractivity contribution >= 4 is 11.3 Å². The molecule has 3 heteroatoms. The van der Waals surface area contributed by atoms with Gasteiger partial charge in [-0.05, 0) is 43.7 Å². The molecule has 1 fully saturated rings. The molecule has 0 saturated heterocycles. The lowest BCUT2D eigenvalue weighted by Crippen LogP contribution is -2.27. The molecule has 1 unspecified atom stereocenters. The first-order valence-electron chi connectivity index (χ1n) is 7.04. The Bertz CT molecular complexity index is 477. The summed E-state index contributed by atoms with van der Waals surface area (Å²) in [7, 11) is 0.